The number of allylic oxidation sites excluding steroid dienone is 4. The van der Waals surface area contributed by atoms with Gasteiger partial charge < -0.3 is 25.2 Å². The highest BCUT2D eigenvalue weighted by Gasteiger charge is 2.28. The summed E-state index contributed by atoms with van der Waals surface area (Å²) in [5.41, 5.74) is 5.33. The first-order valence-corrected chi connectivity index (χ1v) is 23.4. The fourth-order valence-electron chi connectivity index (χ4n) is 5.98. The van der Waals surface area contributed by atoms with Crippen LogP contribution in [0.25, 0.3) is 0 Å². The molecule has 0 radical (unpaired) electrons. The van der Waals surface area contributed by atoms with Gasteiger partial charge in [0.25, 0.3) is 0 Å². The van der Waals surface area contributed by atoms with Crippen molar-refractivity contribution in [1.29, 1.82) is 0 Å². The number of phosphoric ester groups is 1. The molecule has 0 saturated carbocycles. The fourth-order valence-corrected chi connectivity index (χ4v) is 6.76. The molecule has 12 heteroatoms. The number of rotatable bonds is 41. The lowest BCUT2D eigenvalue weighted by Gasteiger charge is -2.20. The number of nitrogens with two attached hydrogens (primary N) is 1. The number of esters is 2. The van der Waals surface area contributed by atoms with E-state index in [1.54, 1.807) is 0 Å². The first-order chi connectivity index (χ1) is 26.6. The molecule has 0 saturated heterocycles. The van der Waals surface area contributed by atoms with Crippen LogP contribution in [0.3, 0.4) is 0 Å². The Morgan fingerprint density at radius 1 is 0.564 bits per heavy atom. The molecular weight excluding hydrogens is 721 g/mol. The predicted octanol–water partition coefficient (Wildman–Crippen LogP) is 11.5. The Hall–Kier alpha value is -2.04. The van der Waals surface area contributed by atoms with Gasteiger partial charge in [0, 0.05) is 12.8 Å². The maximum absolute atomic E-state index is 12.6. The van der Waals surface area contributed by atoms with Crippen LogP contribution >= 0.6 is 7.82 Å². The summed E-state index contributed by atoms with van der Waals surface area (Å²) >= 11 is 0. The Balaban J connectivity index is 4.36. The van der Waals surface area contributed by atoms with Crippen LogP contribution < -0.4 is 5.73 Å². The van der Waals surface area contributed by atoms with Crippen molar-refractivity contribution in [3.05, 3.63) is 24.3 Å². The van der Waals surface area contributed by atoms with Crippen molar-refractivity contribution in [2.24, 2.45) is 5.73 Å². The molecule has 0 rings (SSSR count). The van der Waals surface area contributed by atoms with E-state index < -0.39 is 51.1 Å². The van der Waals surface area contributed by atoms with Crippen molar-refractivity contribution in [3.63, 3.8) is 0 Å². The van der Waals surface area contributed by atoms with Gasteiger partial charge in [0.1, 0.15) is 12.6 Å². The number of unbranched alkanes of at least 4 members (excludes halogenated alkanes) is 23. The van der Waals surface area contributed by atoms with Gasteiger partial charge in [-0.15, -0.1) is 0 Å². The molecule has 0 aliphatic rings. The van der Waals surface area contributed by atoms with Crippen LogP contribution in [-0.4, -0.2) is 59.9 Å². The third-order valence-corrected chi connectivity index (χ3v) is 10.4. The van der Waals surface area contributed by atoms with Gasteiger partial charge >= 0.3 is 25.7 Å². The summed E-state index contributed by atoms with van der Waals surface area (Å²) in [7, 11) is -4.71. The second-order valence-electron chi connectivity index (χ2n) is 14.8. The number of carbonyl (C=O) groups is 3. The maximum Gasteiger partial charge on any atom is 0.472 e. The highest BCUT2D eigenvalue weighted by Crippen LogP contribution is 2.43. The zero-order valence-electron chi connectivity index (χ0n) is 34.8. The minimum atomic E-state index is -4.71. The third-order valence-electron chi connectivity index (χ3n) is 9.45. The second kappa shape index (κ2) is 38.8. The number of hydrogen-bond acceptors (Lipinski definition) is 9. The Labute approximate surface area is 334 Å². The van der Waals surface area contributed by atoms with E-state index in [0.29, 0.717) is 12.8 Å². The van der Waals surface area contributed by atoms with Crippen LogP contribution in [0.4, 0.5) is 0 Å². The number of carboxylic acids is 1. The molecule has 0 bridgehead atoms. The van der Waals surface area contributed by atoms with E-state index in [0.717, 1.165) is 64.2 Å². The van der Waals surface area contributed by atoms with Crippen LogP contribution in [0.2, 0.25) is 0 Å². The standard InChI is InChI=1S/C43H80NO10P/c1-3-5-7-9-11-13-15-17-19-21-23-25-27-29-31-33-35-42(46)54-39(37-52-55(49,50)53-38-40(44)43(47)48)36-51-41(45)34-32-30-28-26-24-22-20-18-16-14-12-10-8-6-4-2/h12,14,18,20,39-40H,3-11,13,15-17,19,21-38,44H2,1-2H3,(H,47,48)(H,49,50)/b14-12-,20-18-/t39-,40+/m1/s1. The van der Waals surface area contributed by atoms with Crippen molar-refractivity contribution in [2.45, 2.75) is 212 Å². The molecule has 1 unspecified atom stereocenters. The Morgan fingerprint density at radius 3 is 1.45 bits per heavy atom. The SMILES string of the molecule is CCCCC/C=C\C/C=C\CCCCCCCC(=O)OC[C@H](COP(=O)(O)OC[C@H](N)C(=O)O)OC(=O)CCCCCCCCCCCCCCCCCC. The van der Waals surface area contributed by atoms with E-state index in [9.17, 15) is 23.8 Å². The van der Waals surface area contributed by atoms with E-state index in [4.69, 9.17) is 24.8 Å². The molecule has 0 aromatic rings. The minimum Gasteiger partial charge on any atom is -0.480 e. The molecular formula is C43H80NO10P. The van der Waals surface area contributed by atoms with E-state index in [2.05, 4.69) is 42.7 Å². The molecule has 0 aliphatic heterocycles. The highest BCUT2D eigenvalue weighted by molar-refractivity contribution is 7.47. The highest BCUT2D eigenvalue weighted by atomic mass is 31.2. The first kappa shape index (κ1) is 53.0. The Bertz CT molecular complexity index is 1040. The summed E-state index contributed by atoms with van der Waals surface area (Å²) in [6.45, 7) is 2.78. The summed E-state index contributed by atoms with van der Waals surface area (Å²) in [6.07, 6.45) is 39.5. The fraction of sp³-hybridized carbons (Fsp3) is 0.837. The van der Waals surface area contributed by atoms with Gasteiger partial charge in [0.15, 0.2) is 6.10 Å². The average molecular weight is 802 g/mol. The minimum absolute atomic E-state index is 0.162. The number of carbonyl (C=O) groups excluding carboxylic acids is 2. The number of phosphoric acid groups is 1. The molecule has 0 aromatic carbocycles. The molecule has 0 fully saturated rings. The lowest BCUT2D eigenvalue weighted by Crippen LogP contribution is -2.34. The first-order valence-electron chi connectivity index (χ1n) is 21.9. The monoisotopic (exact) mass is 802 g/mol. The molecule has 55 heavy (non-hydrogen) atoms. The van der Waals surface area contributed by atoms with Crippen LogP contribution in [0, 0.1) is 0 Å². The predicted molar refractivity (Wildman–Crippen MR) is 222 cm³/mol. The van der Waals surface area contributed by atoms with Gasteiger partial charge in [-0.3, -0.25) is 23.4 Å². The summed E-state index contributed by atoms with van der Waals surface area (Å²) in [5, 5.41) is 8.88. The van der Waals surface area contributed by atoms with Gasteiger partial charge in [-0.1, -0.05) is 167 Å². The van der Waals surface area contributed by atoms with Gasteiger partial charge in [-0.2, -0.15) is 0 Å². The Kier molecular flexibility index (Phi) is 37.4. The van der Waals surface area contributed by atoms with Gasteiger partial charge in [0.2, 0.25) is 0 Å². The normalized spacial score (nSPS) is 14.0. The van der Waals surface area contributed by atoms with Crippen LogP contribution in [0.1, 0.15) is 200 Å². The third kappa shape index (κ3) is 38.6. The molecule has 0 aliphatic carbocycles. The van der Waals surface area contributed by atoms with Crippen molar-refractivity contribution in [1.82, 2.24) is 0 Å². The number of hydrogen-bond donors (Lipinski definition) is 3. The van der Waals surface area contributed by atoms with E-state index in [1.807, 2.05) is 0 Å². The second-order valence-corrected chi connectivity index (χ2v) is 16.3. The van der Waals surface area contributed by atoms with Crippen LogP contribution in [0.5, 0.6) is 0 Å². The zero-order valence-corrected chi connectivity index (χ0v) is 35.7. The van der Waals surface area contributed by atoms with Gasteiger partial charge in [-0.25, -0.2) is 4.57 Å². The molecule has 4 N–H and O–H groups in total. The topological polar surface area (TPSA) is 172 Å². The van der Waals surface area contributed by atoms with Crippen LogP contribution in [0.15, 0.2) is 24.3 Å². The molecule has 0 heterocycles. The number of ether oxygens (including phenoxy) is 2. The molecule has 0 aromatic heterocycles. The summed E-state index contributed by atoms with van der Waals surface area (Å²) < 4.78 is 32.7. The van der Waals surface area contributed by atoms with Crippen molar-refractivity contribution < 1.29 is 47.5 Å². The Morgan fingerprint density at radius 2 is 0.964 bits per heavy atom. The van der Waals surface area contributed by atoms with E-state index in [-0.39, 0.29) is 19.4 Å². The summed E-state index contributed by atoms with van der Waals surface area (Å²) in [4.78, 5) is 45.9. The lowest BCUT2D eigenvalue weighted by molar-refractivity contribution is -0.161. The largest absolute Gasteiger partial charge is 0.480 e. The maximum atomic E-state index is 12.6. The summed E-state index contributed by atoms with van der Waals surface area (Å²) in [5.74, 6) is -2.39. The van der Waals surface area contributed by atoms with Crippen molar-refractivity contribution in [3.8, 4) is 0 Å². The molecule has 322 valence electrons. The zero-order chi connectivity index (χ0) is 40.7. The van der Waals surface area contributed by atoms with Crippen molar-refractivity contribution in [2.75, 3.05) is 19.8 Å². The number of carboxylic acid groups (broad SMARTS) is 1. The smallest absolute Gasteiger partial charge is 0.472 e. The van der Waals surface area contributed by atoms with Gasteiger partial charge in [0.05, 0.1) is 13.2 Å². The van der Waals surface area contributed by atoms with Gasteiger partial charge in [-0.05, 0) is 44.9 Å². The molecule has 11 nitrogen and oxygen atoms in total. The molecule has 0 amide bonds. The summed E-state index contributed by atoms with van der Waals surface area (Å²) in [6, 6.07) is -1.52. The number of aliphatic carboxylic acids is 1. The van der Waals surface area contributed by atoms with E-state index >= 15 is 0 Å². The molecule has 0 spiro atoms. The van der Waals surface area contributed by atoms with Crippen LogP contribution in [-0.2, 0) is 37.5 Å². The van der Waals surface area contributed by atoms with Crippen molar-refractivity contribution >= 4 is 25.7 Å². The lowest BCUT2D eigenvalue weighted by atomic mass is 10.0. The quantitative estimate of drug-likeness (QED) is 0.0232. The molecule has 3 atom stereocenters. The van der Waals surface area contributed by atoms with E-state index in [1.165, 1.54) is 96.3 Å². The average Bonchev–Trinajstić information content (AvgIpc) is 3.16.